The molecular formula is C20H29ClO2S. The minimum Gasteiger partial charge on any atom is -0.299 e. The Bertz CT molecular complexity index is 526. The van der Waals surface area contributed by atoms with Crippen molar-refractivity contribution < 1.29 is 9.59 Å². The lowest BCUT2D eigenvalue weighted by Crippen LogP contribution is -2.22. The molecular weight excluding hydrogens is 340 g/mol. The number of thioether (sulfide) groups is 1. The summed E-state index contributed by atoms with van der Waals surface area (Å²) in [5, 5.41) is 0.832. The van der Waals surface area contributed by atoms with E-state index >= 15 is 0 Å². The third-order valence-corrected chi connectivity index (χ3v) is 5.79. The Hall–Kier alpha value is -0.800. The molecule has 0 saturated heterocycles. The number of benzene rings is 1. The Balaban J connectivity index is 2.21. The summed E-state index contributed by atoms with van der Waals surface area (Å²) in [6.07, 6.45) is 5.93. The van der Waals surface area contributed by atoms with Crippen LogP contribution in [0.2, 0.25) is 5.02 Å². The van der Waals surface area contributed by atoms with Crippen LogP contribution in [0.4, 0.5) is 0 Å². The number of carbonyl (C=O) groups excluding carboxylic acids is 2. The van der Waals surface area contributed by atoms with Gasteiger partial charge in [-0.3, -0.25) is 9.59 Å². The van der Waals surface area contributed by atoms with Gasteiger partial charge in [0.05, 0.1) is 10.9 Å². The predicted molar refractivity (Wildman–Crippen MR) is 104 cm³/mol. The Labute approximate surface area is 155 Å². The summed E-state index contributed by atoms with van der Waals surface area (Å²) >= 11 is 8.03. The molecule has 0 aliphatic carbocycles. The van der Waals surface area contributed by atoms with Crippen LogP contribution < -0.4 is 0 Å². The molecule has 0 atom stereocenters. The lowest BCUT2D eigenvalue weighted by Gasteiger charge is -2.12. The molecule has 0 fully saturated rings. The molecule has 0 saturated carbocycles. The zero-order chi connectivity index (χ0) is 17.9. The Morgan fingerprint density at radius 1 is 1.04 bits per heavy atom. The van der Waals surface area contributed by atoms with Gasteiger partial charge in [-0.2, -0.15) is 0 Å². The Morgan fingerprint density at radius 2 is 1.67 bits per heavy atom. The first-order chi connectivity index (χ1) is 11.5. The fourth-order valence-electron chi connectivity index (χ4n) is 2.70. The van der Waals surface area contributed by atoms with Gasteiger partial charge in [0.15, 0.2) is 0 Å². The number of Topliss-reactive ketones (excluding diaryl/α,β-unsaturated/α-hetero) is 2. The summed E-state index contributed by atoms with van der Waals surface area (Å²) in [6.45, 7) is 5.72. The van der Waals surface area contributed by atoms with E-state index in [1.54, 1.807) is 11.8 Å². The van der Waals surface area contributed by atoms with E-state index in [2.05, 4.69) is 12.1 Å². The van der Waals surface area contributed by atoms with Crippen molar-refractivity contribution in [2.75, 3.05) is 5.75 Å². The third-order valence-electron chi connectivity index (χ3n) is 4.21. The average molecular weight is 369 g/mol. The van der Waals surface area contributed by atoms with Gasteiger partial charge in [0.1, 0.15) is 11.6 Å². The van der Waals surface area contributed by atoms with Gasteiger partial charge in [-0.25, -0.2) is 0 Å². The summed E-state index contributed by atoms with van der Waals surface area (Å²) in [5.41, 5.74) is 1.18. The lowest BCUT2D eigenvalue weighted by molar-refractivity contribution is -0.132. The fourth-order valence-corrected chi connectivity index (χ4v) is 4.03. The first-order valence-corrected chi connectivity index (χ1v) is 10.3. The first-order valence-electron chi connectivity index (χ1n) is 8.93. The normalized spacial score (nSPS) is 11.0. The molecule has 134 valence electrons. The Kier molecular flexibility index (Phi) is 10.4. The van der Waals surface area contributed by atoms with E-state index in [0.29, 0.717) is 12.8 Å². The van der Waals surface area contributed by atoms with Crippen LogP contribution in [0.15, 0.2) is 23.1 Å². The predicted octanol–water partition coefficient (Wildman–Crippen LogP) is 6.27. The van der Waals surface area contributed by atoms with E-state index in [0.717, 1.165) is 47.8 Å². The second-order valence-electron chi connectivity index (χ2n) is 6.18. The molecule has 2 nitrogen and oxygen atoms in total. The molecule has 0 aliphatic rings. The van der Waals surface area contributed by atoms with Crippen LogP contribution in [-0.2, 0) is 9.59 Å². The number of ketones is 2. The molecule has 0 spiro atoms. The second kappa shape index (κ2) is 11.7. The summed E-state index contributed by atoms with van der Waals surface area (Å²) in [6, 6.07) is 6.17. The maximum atomic E-state index is 11.9. The van der Waals surface area contributed by atoms with Gasteiger partial charge in [-0.1, -0.05) is 50.8 Å². The highest BCUT2D eigenvalue weighted by Crippen LogP contribution is 2.28. The molecule has 24 heavy (non-hydrogen) atoms. The monoisotopic (exact) mass is 368 g/mol. The quantitative estimate of drug-likeness (QED) is 0.248. The van der Waals surface area contributed by atoms with Gasteiger partial charge in [-0.15, -0.1) is 11.8 Å². The van der Waals surface area contributed by atoms with Gasteiger partial charge >= 0.3 is 0 Å². The maximum Gasteiger partial charge on any atom is 0.143 e. The summed E-state index contributed by atoms with van der Waals surface area (Å²) < 4.78 is 0. The standard InChI is InChI=1S/C20H29ClO2S/c1-4-18(22)16(19(23)5-2)10-8-6-7-9-13-24-20-12-11-15(3)14-17(20)21/h11-12,14,16H,4-10,13H2,1-3H3. The minimum absolute atomic E-state index is 0.103. The second-order valence-corrected chi connectivity index (χ2v) is 7.72. The largest absolute Gasteiger partial charge is 0.299 e. The Morgan fingerprint density at radius 3 is 2.25 bits per heavy atom. The van der Waals surface area contributed by atoms with Crippen LogP contribution in [0.25, 0.3) is 0 Å². The van der Waals surface area contributed by atoms with Crippen LogP contribution in [0.3, 0.4) is 0 Å². The van der Waals surface area contributed by atoms with Gasteiger partial charge in [0.25, 0.3) is 0 Å². The number of carbonyl (C=O) groups is 2. The van der Waals surface area contributed by atoms with E-state index < -0.39 is 0 Å². The van der Waals surface area contributed by atoms with Crippen molar-refractivity contribution in [2.24, 2.45) is 5.92 Å². The molecule has 0 amide bonds. The van der Waals surface area contributed by atoms with Gasteiger partial charge in [0.2, 0.25) is 0 Å². The van der Waals surface area contributed by atoms with Crippen LogP contribution in [0, 0.1) is 12.8 Å². The number of hydrogen-bond donors (Lipinski definition) is 0. The van der Waals surface area contributed by atoms with Crippen LogP contribution >= 0.6 is 23.4 Å². The molecule has 0 unspecified atom stereocenters. The van der Waals surface area contributed by atoms with E-state index in [4.69, 9.17) is 11.6 Å². The van der Waals surface area contributed by atoms with Crippen LogP contribution in [0.1, 0.15) is 64.4 Å². The minimum atomic E-state index is -0.360. The molecule has 0 heterocycles. The summed E-state index contributed by atoms with van der Waals surface area (Å²) in [5.74, 6) is 0.895. The van der Waals surface area contributed by atoms with Crippen LogP contribution in [-0.4, -0.2) is 17.3 Å². The molecule has 4 heteroatoms. The average Bonchev–Trinajstić information content (AvgIpc) is 2.57. The fraction of sp³-hybridized carbons (Fsp3) is 0.600. The van der Waals surface area contributed by atoms with Crippen molar-refractivity contribution >= 4 is 34.9 Å². The highest BCUT2D eigenvalue weighted by molar-refractivity contribution is 7.99. The summed E-state index contributed by atoms with van der Waals surface area (Å²) in [4.78, 5) is 24.9. The van der Waals surface area contributed by atoms with Gasteiger partial charge < -0.3 is 0 Å². The van der Waals surface area contributed by atoms with Crippen molar-refractivity contribution in [3.63, 3.8) is 0 Å². The molecule has 0 bridgehead atoms. The summed E-state index contributed by atoms with van der Waals surface area (Å²) in [7, 11) is 0. The number of rotatable bonds is 12. The van der Waals surface area contributed by atoms with E-state index in [-0.39, 0.29) is 17.5 Å². The molecule has 0 aromatic heterocycles. The van der Waals surface area contributed by atoms with E-state index in [1.807, 2.05) is 26.8 Å². The highest BCUT2D eigenvalue weighted by atomic mass is 35.5. The van der Waals surface area contributed by atoms with Crippen molar-refractivity contribution in [3.8, 4) is 0 Å². The van der Waals surface area contributed by atoms with Crippen LogP contribution in [0.5, 0.6) is 0 Å². The SMILES string of the molecule is CCC(=O)C(CCCCCCSc1ccc(C)cc1Cl)C(=O)CC. The zero-order valence-electron chi connectivity index (χ0n) is 15.1. The number of halogens is 1. The van der Waals surface area contributed by atoms with Gasteiger partial charge in [-0.05, 0) is 43.2 Å². The number of aryl methyl sites for hydroxylation is 1. The first kappa shape index (κ1) is 21.2. The number of unbranched alkanes of at least 4 members (excludes halogenated alkanes) is 3. The van der Waals surface area contributed by atoms with Crippen molar-refractivity contribution in [1.29, 1.82) is 0 Å². The molecule has 0 N–H and O–H groups in total. The number of hydrogen-bond acceptors (Lipinski definition) is 3. The van der Waals surface area contributed by atoms with Crippen molar-refractivity contribution in [1.82, 2.24) is 0 Å². The van der Waals surface area contributed by atoms with Crippen molar-refractivity contribution in [2.45, 2.75) is 70.6 Å². The molecule has 1 aromatic rings. The molecule has 0 radical (unpaired) electrons. The maximum absolute atomic E-state index is 11.9. The smallest absolute Gasteiger partial charge is 0.143 e. The lowest BCUT2D eigenvalue weighted by atomic mass is 9.90. The zero-order valence-corrected chi connectivity index (χ0v) is 16.6. The van der Waals surface area contributed by atoms with Gasteiger partial charge in [0, 0.05) is 17.7 Å². The van der Waals surface area contributed by atoms with Crippen molar-refractivity contribution in [3.05, 3.63) is 28.8 Å². The molecule has 0 aliphatic heterocycles. The third kappa shape index (κ3) is 7.40. The van der Waals surface area contributed by atoms with E-state index in [9.17, 15) is 9.59 Å². The van der Waals surface area contributed by atoms with E-state index in [1.165, 1.54) is 5.56 Å². The highest BCUT2D eigenvalue weighted by Gasteiger charge is 2.22. The molecule has 1 aromatic carbocycles. The topological polar surface area (TPSA) is 34.1 Å². The molecule has 1 rings (SSSR count).